The van der Waals surface area contributed by atoms with Gasteiger partial charge in [-0.2, -0.15) is 0 Å². The highest BCUT2D eigenvalue weighted by molar-refractivity contribution is 8.18. The van der Waals surface area contributed by atoms with Crippen LogP contribution in [0.15, 0.2) is 71.6 Å². The van der Waals surface area contributed by atoms with Gasteiger partial charge in [0.05, 0.1) is 4.91 Å². The van der Waals surface area contributed by atoms with Gasteiger partial charge in [-0.15, -0.1) is 0 Å². The highest BCUT2D eigenvalue weighted by Crippen LogP contribution is 2.32. The van der Waals surface area contributed by atoms with Crippen LogP contribution in [0.4, 0.5) is 14.9 Å². The lowest BCUT2D eigenvalue weighted by molar-refractivity contribution is -0.127. The van der Waals surface area contributed by atoms with Crippen LogP contribution in [0.1, 0.15) is 22.3 Å². The van der Waals surface area contributed by atoms with Gasteiger partial charge in [0.1, 0.15) is 24.7 Å². The largest absolute Gasteiger partial charge is 0.489 e. The van der Waals surface area contributed by atoms with E-state index < -0.39 is 17.1 Å². The smallest absolute Gasteiger partial charge is 0.294 e. The van der Waals surface area contributed by atoms with Crippen molar-refractivity contribution >= 4 is 40.6 Å². The zero-order chi connectivity index (χ0) is 24.9. The highest BCUT2D eigenvalue weighted by atomic mass is 32.2. The van der Waals surface area contributed by atoms with Crippen molar-refractivity contribution in [3.05, 3.63) is 99.7 Å². The Balaban J connectivity index is 1.36. The van der Waals surface area contributed by atoms with E-state index in [0.717, 1.165) is 27.8 Å². The van der Waals surface area contributed by atoms with Crippen molar-refractivity contribution in [1.29, 1.82) is 0 Å². The number of ether oxygens (including phenoxy) is 1. The molecule has 1 saturated heterocycles. The Morgan fingerprint density at radius 3 is 2.49 bits per heavy atom. The molecular weight excluding hydrogens is 467 g/mol. The molecular formula is C27H23FN2O4S. The molecule has 0 bridgehead atoms. The van der Waals surface area contributed by atoms with Crippen LogP contribution < -0.4 is 10.1 Å². The monoisotopic (exact) mass is 490 g/mol. The first-order valence-corrected chi connectivity index (χ1v) is 11.7. The van der Waals surface area contributed by atoms with Crippen molar-refractivity contribution in [2.24, 2.45) is 0 Å². The quantitative estimate of drug-likeness (QED) is 0.430. The Morgan fingerprint density at radius 1 is 1.03 bits per heavy atom. The van der Waals surface area contributed by atoms with Crippen LogP contribution in [0.3, 0.4) is 0 Å². The van der Waals surface area contributed by atoms with E-state index in [1.54, 1.807) is 54.6 Å². The summed E-state index contributed by atoms with van der Waals surface area (Å²) < 4.78 is 19.3. The van der Waals surface area contributed by atoms with E-state index in [1.807, 2.05) is 26.0 Å². The number of hydrogen-bond donors (Lipinski definition) is 1. The van der Waals surface area contributed by atoms with E-state index in [-0.39, 0.29) is 23.9 Å². The summed E-state index contributed by atoms with van der Waals surface area (Å²) in [5.41, 5.74) is 3.88. The van der Waals surface area contributed by atoms with Gasteiger partial charge in [-0.3, -0.25) is 19.3 Å². The molecule has 1 aliphatic heterocycles. The SMILES string of the molecule is Cc1ccc(NC(=O)CN2C(=O)S/C(=C/c3ccc(OCc4ccccc4F)cc3)C2=O)cc1C. The molecule has 0 radical (unpaired) electrons. The summed E-state index contributed by atoms with van der Waals surface area (Å²) in [6.07, 6.45) is 1.59. The van der Waals surface area contributed by atoms with Crippen molar-refractivity contribution < 1.29 is 23.5 Å². The Labute approximate surface area is 206 Å². The van der Waals surface area contributed by atoms with Gasteiger partial charge in [-0.25, -0.2) is 4.39 Å². The van der Waals surface area contributed by atoms with Crippen LogP contribution in [0, 0.1) is 19.7 Å². The third kappa shape index (κ3) is 5.96. The summed E-state index contributed by atoms with van der Waals surface area (Å²) in [5.74, 6) is -0.757. The normalized spacial score (nSPS) is 14.5. The number of thioether (sulfide) groups is 1. The fourth-order valence-electron chi connectivity index (χ4n) is 3.39. The van der Waals surface area contributed by atoms with Crippen LogP contribution in [-0.4, -0.2) is 28.5 Å². The minimum Gasteiger partial charge on any atom is -0.489 e. The second kappa shape index (κ2) is 10.6. The number of hydrogen-bond acceptors (Lipinski definition) is 5. The van der Waals surface area contributed by atoms with Gasteiger partial charge in [-0.05, 0) is 78.7 Å². The van der Waals surface area contributed by atoms with Gasteiger partial charge in [0.2, 0.25) is 5.91 Å². The second-order valence-electron chi connectivity index (χ2n) is 8.06. The third-order valence-electron chi connectivity index (χ3n) is 5.50. The maximum absolute atomic E-state index is 13.7. The van der Waals surface area contributed by atoms with Gasteiger partial charge in [0.15, 0.2) is 0 Å². The molecule has 178 valence electrons. The van der Waals surface area contributed by atoms with E-state index in [9.17, 15) is 18.8 Å². The first kappa shape index (κ1) is 24.2. The number of aryl methyl sites for hydroxylation is 2. The fourth-order valence-corrected chi connectivity index (χ4v) is 4.23. The summed E-state index contributed by atoms with van der Waals surface area (Å²) in [5, 5.41) is 2.23. The molecule has 0 atom stereocenters. The molecule has 0 aromatic heterocycles. The van der Waals surface area contributed by atoms with E-state index in [1.165, 1.54) is 6.07 Å². The number of amides is 3. The molecule has 1 heterocycles. The van der Waals surface area contributed by atoms with Crippen molar-refractivity contribution in [3.8, 4) is 5.75 Å². The summed E-state index contributed by atoms with van der Waals surface area (Å²) >= 11 is 0.788. The van der Waals surface area contributed by atoms with E-state index >= 15 is 0 Å². The Morgan fingerprint density at radius 2 is 1.77 bits per heavy atom. The maximum Gasteiger partial charge on any atom is 0.294 e. The number of imide groups is 1. The predicted molar refractivity (Wildman–Crippen MR) is 134 cm³/mol. The zero-order valence-corrected chi connectivity index (χ0v) is 20.0. The summed E-state index contributed by atoms with van der Waals surface area (Å²) in [4.78, 5) is 38.7. The first-order chi connectivity index (χ1) is 16.8. The summed E-state index contributed by atoms with van der Waals surface area (Å²) in [7, 11) is 0. The standard InChI is InChI=1S/C27H23FN2O4S/c1-17-7-10-21(13-18(17)2)29-25(31)15-30-26(32)24(35-27(30)33)14-19-8-11-22(12-9-19)34-16-20-5-3-4-6-23(20)28/h3-14H,15-16H2,1-2H3,(H,29,31)/b24-14+. The van der Waals surface area contributed by atoms with E-state index in [4.69, 9.17) is 4.74 Å². The van der Waals surface area contributed by atoms with Crippen molar-refractivity contribution in [3.63, 3.8) is 0 Å². The van der Waals surface area contributed by atoms with Gasteiger partial charge in [-0.1, -0.05) is 36.4 Å². The molecule has 3 aromatic carbocycles. The highest BCUT2D eigenvalue weighted by Gasteiger charge is 2.36. The fraction of sp³-hybridized carbons (Fsp3) is 0.148. The minimum absolute atomic E-state index is 0.0924. The predicted octanol–water partition coefficient (Wildman–Crippen LogP) is 5.70. The average Bonchev–Trinajstić information content (AvgIpc) is 3.09. The van der Waals surface area contributed by atoms with Gasteiger partial charge in [0, 0.05) is 11.3 Å². The number of carbonyl (C=O) groups excluding carboxylic acids is 3. The van der Waals surface area contributed by atoms with Crippen LogP contribution in [0.5, 0.6) is 5.75 Å². The lowest BCUT2D eigenvalue weighted by Gasteiger charge is -2.13. The van der Waals surface area contributed by atoms with Crippen molar-refractivity contribution in [1.82, 2.24) is 4.90 Å². The number of halogens is 1. The molecule has 6 nitrogen and oxygen atoms in total. The van der Waals surface area contributed by atoms with Gasteiger partial charge < -0.3 is 10.1 Å². The van der Waals surface area contributed by atoms with Crippen LogP contribution in [0.25, 0.3) is 6.08 Å². The average molecular weight is 491 g/mol. The van der Waals surface area contributed by atoms with Crippen molar-refractivity contribution in [2.75, 3.05) is 11.9 Å². The van der Waals surface area contributed by atoms with Gasteiger partial charge in [0.25, 0.3) is 11.1 Å². The number of nitrogens with one attached hydrogen (secondary N) is 1. The van der Waals surface area contributed by atoms with Gasteiger partial charge >= 0.3 is 0 Å². The molecule has 0 unspecified atom stereocenters. The molecule has 1 aliphatic rings. The molecule has 0 spiro atoms. The zero-order valence-electron chi connectivity index (χ0n) is 19.2. The Hall–Kier alpha value is -3.91. The molecule has 1 N–H and O–H groups in total. The number of nitrogens with zero attached hydrogens (tertiary/aromatic N) is 1. The molecule has 1 fully saturated rings. The summed E-state index contributed by atoms with van der Waals surface area (Å²) in [6.45, 7) is 3.64. The Bertz CT molecular complexity index is 1320. The van der Waals surface area contributed by atoms with Crippen LogP contribution in [0.2, 0.25) is 0 Å². The number of rotatable bonds is 7. The number of anilines is 1. The number of carbonyl (C=O) groups is 3. The first-order valence-electron chi connectivity index (χ1n) is 10.9. The minimum atomic E-state index is -0.518. The van der Waals surface area contributed by atoms with E-state index in [0.29, 0.717) is 22.6 Å². The van der Waals surface area contributed by atoms with E-state index in [2.05, 4.69) is 5.32 Å². The molecule has 35 heavy (non-hydrogen) atoms. The molecule has 3 aromatic rings. The lowest BCUT2D eigenvalue weighted by Crippen LogP contribution is -2.36. The topological polar surface area (TPSA) is 75.7 Å². The second-order valence-corrected chi connectivity index (χ2v) is 9.06. The molecule has 8 heteroatoms. The lowest BCUT2D eigenvalue weighted by atomic mass is 10.1. The summed E-state index contributed by atoms with van der Waals surface area (Å²) in [6, 6.07) is 18.8. The molecule has 0 aliphatic carbocycles. The molecule has 4 rings (SSSR count). The number of benzene rings is 3. The Kier molecular flexibility index (Phi) is 7.31. The third-order valence-corrected chi connectivity index (χ3v) is 6.40. The van der Waals surface area contributed by atoms with Crippen LogP contribution in [-0.2, 0) is 16.2 Å². The molecule has 3 amide bonds. The van der Waals surface area contributed by atoms with Crippen LogP contribution >= 0.6 is 11.8 Å². The maximum atomic E-state index is 13.7. The van der Waals surface area contributed by atoms with Crippen molar-refractivity contribution in [2.45, 2.75) is 20.5 Å². The molecule has 0 saturated carbocycles.